The summed E-state index contributed by atoms with van der Waals surface area (Å²) in [5.41, 5.74) is 1.87. The Morgan fingerprint density at radius 3 is 2.90 bits per heavy atom. The molecule has 2 aromatic heterocycles. The Bertz CT molecular complexity index is 1060. The van der Waals surface area contributed by atoms with E-state index in [0.29, 0.717) is 22.4 Å². The predicted octanol–water partition coefficient (Wildman–Crippen LogP) is 4.35. The Morgan fingerprint density at radius 2 is 2.20 bits per heavy atom. The van der Waals surface area contributed by atoms with E-state index in [4.69, 9.17) is 4.74 Å². The molecule has 1 aliphatic carbocycles. The normalized spacial score (nSPS) is 13.6. The van der Waals surface area contributed by atoms with Crippen molar-refractivity contribution in [1.29, 1.82) is 0 Å². The number of amides is 1. The van der Waals surface area contributed by atoms with Crippen LogP contribution in [0.15, 0.2) is 41.1 Å². The smallest absolute Gasteiger partial charge is 0.283 e. The molecule has 158 valence electrons. The van der Waals surface area contributed by atoms with Gasteiger partial charge in [0, 0.05) is 12.1 Å². The van der Waals surface area contributed by atoms with Crippen LogP contribution in [0.5, 0.6) is 5.75 Å². The number of ether oxygens (including phenoxy) is 1. The Kier molecular flexibility index (Phi) is 5.85. The first-order valence-corrected chi connectivity index (χ1v) is 10.2. The number of benzene rings is 1. The van der Waals surface area contributed by atoms with E-state index in [1.165, 1.54) is 4.68 Å². The highest BCUT2D eigenvalue weighted by Gasteiger charge is 2.34. The summed E-state index contributed by atoms with van der Waals surface area (Å²) in [5.74, 6) is 0.569. The van der Waals surface area contributed by atoms with Crippen LogP contribution in [0.3, 0.4) is 0 Å². The van der Waals surface area contributed by atoms with Crippen molar-refractivity contribution < 1.29 is 18.3 Å². The Hall–Kier alpha value is -2.75. The number of nitrogens with zero attached hydrogens (tertiary/aromatic N) is 4. The number of hydrogen-bond acceptors (Lipinski definition) is 4. The lowest BCUT2D eigenvalue weighted by Crippen LogP contribution is -2.20. The first-order valence-electron chi connectivity index (χ1n) is 9.44. The molecule has 1 aromatic carbocycles. The monoisotopic (exact) mass is 479 g/mol. The van der Waals surface area contributed by atoms with E-state index >= 15 is 0 Å². The summed E-state index contributed by atoms with van der Waals surface area (Å²) in [6, 6.07) is 7.63. The fourth-order valence-corrected chi connectivity index (χ4v) is 4.07. The fraction of sp³-hybridized carbons (Fsp3) is 0.350. The lowest BCUT2D eigenvalue weighted by molar-refractivity contribution is -0.117. The quantitative estimate of drug-likeness (QED) is 0.521. The molecule has 30 heavy (non-hydrogen) atoms. The number of carbonyl (C=O) groups is 1. The lowest BCUT2D eigenvalue weighted by Gasteiger charge is -2.07. The van der Waals surface area contributed by atoms with Crippen molar-refractivity contribution in [2.24, 2.45) is 0 Å². The number of nitrogens with one attached hydrogen (secondary N) is 1. The van der Waals surface area contributed by atoms with Crippen molar-refractivity contribution >= 4 is 27.5 Å². The molecular formula is C20H20BrF2N5O2. The highest BCUT2D eigenvalue weighted by Crippen LogP contribution is 2.45. The number of aromatic nitrogens is 4. The van der Waals surface area contributed by atoms with Gasteiger partial charge < -0.3 is 10.1 Å². The number of alkyl halides is 2. The van der Waals surface area contributed by atoms with E-state index in [1.807, 2.05) is 24.3 Å². The van der Waals surface area contributed by atoms with Gasteiger partial charge in [0.25, 0.3) is 6.43 Å². The molecule has 3 aromatic rings. The number of hydrogen-bond donors (Lipinski definition) is 1. The van der Waals surface area contributed by atoms with E-state index in [9.17, 15) is 13.6 Å². The molecule has 0 unspecified atom stereocenters. The summed E-state index contributed by atoms with van der Waals surface area (Å²) in [7, 11) is 1.61. The molecule has 0 aliphatic heterocycles. The fourth-order valence-electron chi connectivity index (χ4n) is 3.29. The molecule has 2 heterocycles. The third-order valence-corrected chi connectivity index (χ3v) is 5.63. The molecule has 1 fully saturated rings. The molecule has 0 saturated heterocycles. The standard InChI is InChI=1S/C20H20BrF2N5O2/c1-30-15-4-2-3-12(7-15)9-27-10-14(8-24-27)25-16(29)11-28-19(13-5-6-13)17(21)18(26-28)20(22)23/h2-4,7-8,10,13,20H,5-6,9,11H2,1H3,(H,25,29). The van der Waals surface area contributed by atoms with Gasteiger partial charge in [0.2, 0.25) is 5.91 Å². The zero-order chi connectivity index (χ0) is 21.3. The molecule has 0 spiro atoms. The number of halogens is 3. The van der Waals surface area contributed by atoms with E-state index in [1.54, 1.807) is 24.2 Å². The van der Waals surface area contributed by atoms with Crippen LogP contribution in [-0.2, 0) is 17.9 Å². The maximum absolute atomic E-state index is 13.2. The summed E-state index contributed by atoms with van der Waals surface area (Å²) in [4.78, 5) is 12.5. The van der Waals surface area contributed by atoms with Crippen molar-refractivity contribution in [2.75, 3.05) is 12.4 Å². The largest absolute Gasteiger partial charge is 0.497 e. The Balaban J connectivity index is 1.42. The molecule has 1 amide bonds. The van der Waals surface area contributed by atoms with E-state index in [-0.39, 0.29) is 24.1 Å². The van der Waals surface area contributed by atoms with E-state index in [0.717, 1.165) is 24.2 Å². The van der Waals surface area contributed by atoms with Crippen LogP contribution in [0.2, 0.25) is 0 Å². The molecular weight excluding hydrogens is 460 g/mol. The minimum absolute atomic E-state index is 0.141. The predicted molar refractivity (Wildman–Crippen MR) is 110 cm³/mol. The van der Waals surface area contributed by atoms with Crippen LogP contribution in [0, 0.1) is 0 Å². The van der Waals surface area contributed by atoms with Crippen LogP contribution >= 0.6 is 15.9 Å². The Morgan fingerprint density at radius 1 is 1.40 bits per heavy atom. The van der Waals surface area contributed by atoms with Gasteiger partial charge in [-0.15, -0.1) is 0 Å². The zero-order valence-corrected chi connectivity index (χ0v) is 17.8. The molecule has 1 N–H and O–H groups in total. The van der Waals surface area contributed by atoms with Gasteiger partial charge in [-0.3, -0.25) is 14.2 Å². The third-order valence-electron chi connectivity index (χ3n) is 4.82. The number of methoxy groups -OCH3 is 1. The molecule has 7 nitrogen and oxygen atoms in total. The minimum Gasteiger partial charge on any atom is -0.497 e. The van der Waals surface area contributed by atoms with E-state index < -0.39 is 6.43 Å². The third kappa shape index (κ3) is 4.53. The molecule has 1 saturated carbocycles. The number of anilines is 1. The van der Waals surface area contributed by atoms with Crippen molar-refractivity contribution in [3.63, 3.8) is 0 Å². The average molecular weight is 480 g/mol. The van der Waals surface area contributed by atoms with Crippen molar-refractivity contribution in [2.45, 2.75) is 38.3 Å². The van der Waals surface area contributed by atoms with Crippen LogP contribution in [0.25, 0.3) is 0 Å². The first-order chi connectivity index (χ1) is 14.4. The summed E-state index contributed by atoms with van der Waals surface area (Å²) < 4.78 is 35.0. The zero-order valence-electron chi connectivity index (χ0n) is 16.2. The van der Waals surface area contributed by atoms with Gasteiger partial charge in [0.1, 0.15) is 18.0 Å². The maximum atomic E-state index is 13.2. The number of rotatable bonds is 8. The van der Waals surface area contributed by atoms with Crippen LogP contribution in [-0.4, -0.2) is 32.6 Å². The second kappa shape index (κ2) is 8.55. The summed E-state index contributed by atoms with van der Waals surface area (Å²) in [6.07, 6.45) is 2.37. The highest BCUT2D eigenvalue weighted by molar-refractivity contribution is 9.10. The average Bonchev–Trinajstić information content (AvgIpc) is 3.37. The maximum Gasteiger partial charge on any atom is 0.283 e. The van der Waals surface area contributed by atoms with Gasteiger partial charge >= 0.3 is 0 Å². The van der Waals surface area contributed by atoms with Gasteiger partial charge in [0.05, 0.1) is 35.7 Å². The lowest BCUT2D eigenvalue weighted by atomic mass is 10.2. The van der Waals surface area contributed by atoms with E-state index in [2.05, 4.69) is 31.4 Å². The molecule has 10 heteroatoms. The second-order valence-corrected chi connectivity index (χ2v) is 7.94. The second-order valence-electron chi connectivity index (χ2n) is 7.14. The molecule has 4 rings (SSSR count). The van der Waals surface area contributed by atoms with Crippen LogP contribution in [0.1, 0.15) is 42.1 Å². The number of carbonyl (C=O) groups excluding carboxylic acids is 1. The van der Waals surface area contributed by atoms with Gasteiger partial charge in [-0.25, -0.2) is 8.78 Å². The van der Waals surface area contributed by atoms with Gasteiger partial charge in [-0.2, -0.15) is 10.2 Å². The highest BCUT2D eigenvalue weighted by atomic mass is 79.9. The first kappa shape index (κ1) is 20.5. The van der Waals surface area contributed by atoms with Gasteiger partial charge in [0.15, 0.2) is 0 Å². The van der Waals surface area contributed by atoms with Crippen LogP contribution in [0.4, 0.5) is 14.5 Å². The minimum atomic E-state index is -2.70. The van der Waals surface area contributed by atoms with Crippen molar-refractivity contribution in [3.05, 3.63) is 58.1 Å². The summed E-state index contributed by atoms with van der Waals surface area (Å²) >= 11 is 3.23. The SMILES string of the molecule is COc1cccc(Cn2cc(NC(=O)Cn3nc(C(F)F)c(Br)c3C3CC3)cn2)c1. The molecule has 0 radical (unpaired) electrons. The van der Waals surface area contributed by atoms with Crippen molar-refractivity contribution in [1.82, 2.24) is 19.6 Å². The van der Waals surface area contributed by atoms with Gasteiger partial charge in [-0.1, -0.05) is 12.1 Å². The van der Waals surface area contributed by atoms with Gasteiger partial charge in [-0.05, 0) is 46.5 Å². The molecule has 1 aliphatic rings. The summed E-state index contributed by atoms with van der Waals surface area (Å²) in [5, 5.41) is 11.0. The topological polar surface area (TPSA) is 74.0 Å². The molecule has 0 atom stereocenters. The Labute approximate surface area is 180 Å². The summed E-state index contributed by atoms with van der Waals surface area (Å²) in [6.45, 7) is 0.376. The van der Waals surface area contributed by atoms with Crippen molar-refractivity contribution in [3.8, 4) is 5.75 Å². The van der Waals surface area contributed by atoms with Crippen LogP contribution < -0.4 is 10.1 Å². The molecule has 0 bridgehead atoms.